The Morgan fingerprint density at radius 2 is 2.33 bits per heavy atom. The van der Waals surface area contributed by atoms with E-state index in [1.165, 1.54) is 0 Å². The zero-order chi connectivity index (χ0) is 13.4. The van der Waals surface area contributed by atoms with Gasteiger partial charge in [0.05, 0.1) is 6.54 Å². The Kier molecular flexibility index (Phi) is 6.43. The van der Waals surface area contributed by atoms with Gasteiger partial charge in [-0.25, -0.2) is 4.98 Å². The number of imidazole rings is 1. The maximum atomic E-state index is 11.7. The first-order valence-electron chi connectivity index (χ1n) is 6.60. The Bertz CT molecular complexity index is 362. The van der Waals surface area contributed by atoms with Crippen LogP contribution in [0.3, 0.4) is 0 Å². The van der Waals surface area contributed by atoms with Crippen LogP contribution in [0.15, 0.2) is 12.4 Å². The summed E-state index contributed by atoms with van der Waals surface area (Å²) in [4.78, 5) is 15.9. The lowest BCUT2D eigenvalue weighted by molar-refractivity contribution is -0.121. The minimum atomic E-state index is 0.0912. The third-order valence-electron chi connectivity index (χ3n) is 3.30. The summed E-state index contributed by atoms with van der Waals surface area (Å²) in [7, 11) is 1.92. The van der Waals surface area contributed by atoms with Crippen molar-refractivity contribution >= 4 is 5.91 Å². The molecule has 1 rings (SSSR count). The van der Waals surface area contributed by atoms with Crippen molar-refractivity contribution in [3.8, 4) is 0 Å². The Morgan fingerprint density at radius 1 is 1.56 bits per heavy atom. The van der Waals surface area contributed by atoms with Gasteiger partial charge in [0.2, 0.25) is 5.91 Å². The van der Waals surface area contributed by atoms with Gasteiger partial charge >= 0.3 is 0 Å². The summed E-state index contributed by atoms with van der Waals surface area (Å²) in [5.41, 5.74) is 5.54. The highest BCUT2D eigenvalue weighted by molar-refractivity contribution is 5.75. The average molecular weight is 252 g/mol. The summed E-state index contributed by atoms with van der Waals surface area (Å²) in [6.07, 6.45) is 7.18. The molecule has 0 radical (unpaired) electrons. The predicted octanol–water partition coefficient (Wildman–Crippen LogP) is 1.19. The van der Waals surface area contributed by atoms with Crippen molar-refractivity contribution in [3.63, 3.8) is 0 Å². The summed E-state index contributed by atoms with van der Waals surface area (Å²) in [6, 6.07) is 0. The predicted molar refractivity (Wildman–Crippen MR) is 71.7 cm³/mol. The number of rotatable bonds is 8. The van der Waals surface area contributed by atoms with Crippen LogP contribution >= 0.6 is 0 Å². The van der Waals surface area contributed by atoms with Crippen molar-refractivity contribution in [2.24, 2.45) is 18.7 Å². The van der Waals surface area contributed by atoms with Crippen LogP contribution < -0.4 is 11.1 Å². The van der Waals surface area contributed by atoms with Gasteiger partial charge < -0.3 is 15.6 Å². The summed E-state index contributed by atoms with van der Waals surface area (Å²) < 4.78 is 1.91. The minimum absolute atomic E-state index is 0.0912. The number of nitrogens with two attached hydrogens (primary N) is 1. The number of nitrogens with zero attached hydrogens (tertiary/aromatic N) is 2. The van der Waals surface area contributed by atoms with Crippen LogP contribution in [-0.4, -0.2) is 22.0 Å². The average Bonchev–Trinajstić information content (AvgIpc) is 2.77. The maximum Gasteiger partial charge on any atom is 0.220 e. The quantitative estimate of drug-likeness (QED) is 0.730. The van der Waals surface area contributed by atoms with E-state index in [0.29, 0.717) is 25.4 Å². The van der Waals surface area contributed by atoms with Gasteiger partial charge in [-0.1, -0.05) is 13.3 Å². The molecule has 0 aliphatic heterocycles. The van der Waals surface area contributed by atoms with Gasteiger partial charge in [-0.2, -0.15) is 0 Å². The molecule has 0 spiro atoms. The van der Waals surface area contributed by atoms with Crippen molar-refractivity contribution in [1.82, 2.24) is 14.9 Å². The molecule has 102 valence electrons. The third-order valence-corrected chi connectivity index (χ3v) is 3.30. The molecule has 1 heterocycles. The first-order valence-corrected chi connectivity index (χ1v) is 6.60. The number of hydrogen-bond donors (Lipinski definition) is 2. The van der Waals surface area contributed by atoms with E-state index in [1.807, 2.05) is 17.8 Å². The molecule has 0 aliphatic rings. The lowest BCUT2D eigenvalue weighted by atomic mass is 9.96. The molecule has 1 atom stereocenters. The zero-order valence-corrected chi connectivity index (χ0v) is 11.4. The fourth-order valence-electron chi connectivity index (χ4n) is 1.96. The Morgan fingerprint density at radius 3 is 2.89 bits per heavy atom. The summed E-state index contributed by atoms with van der Waals surface area (Å²) in [5, 5.41) is 2.89. The molecule has 3 N–H and O–H groups in total. The number of hydrogen-bond acceptors (Lipinski definition) is 3. The third kappa shape index (κ3) is 4.87. The highest BCUT2D eigenvalue weighted by Crippen LogP contribution is 2.14. The van der Waals surface area contributed by atoms with Crippen molar-refractivity contribution in [2.45, 2.75) is 39.2 Å². The van der Waals surface area contributed by atoms with Crippen molar-refractivity contribution in [1.29, 1.82) is 0 Å². The molecule has 1 aromatic heterocycles. The normalized spacial score (nSPS) is 12.4. The molecule has 1 unspecified atom stereocenters. The molecule has 1 aromatic rings. The maximum absolute atomic E-state index is 11.7. The standard InChI is InChI=1S/C13H24N4O/c1-3-11(6-7-14)4-5-13(18)16-10-12-15-8-9-17(12)2/h8-9,11H,3-7,10,14H2,1-2H3,(H,16,18). The smallest absolute Gasteiger partial charge is 0.220 e. The van der Waals surface area contributed by atoms with Crippen LogP contribution in [0, 0.1) is 5.92 Å². The van der Waals surface area contributed by atoms with E-state index in [9.17, 15) is 4.79 Å². The topological polar surface area (TPSA) is 72.9 Å². The SMILES string of the molecule is CCC(CCN)CCC(=O)NCc1nccn1C. The van der Waals surface area contributed by atoms with Crippen molar-refractivity contribution in [2.75, 3.05) is 6.54 Å². The largest absolute Gasteiger partial charge is 0.349 e. The van der Waals surface area contributed by atoms with E-state index in [2.05, 4.69) is 17.2 Å². The lowest BCUT2D eigenvalue weighted by Crippen LogP contribution is -2.25. The monoisotopic (exact) mass is 252 g/mol. The van der Waals surface area contributed by atoms with Crippen molar-refractivity contribution < 1.29 is 4.79 Å². The summed E-state index contributed by atoms with van der Waals surface area (Å²) in [5.74, 6) is 1.53. The highest BCUT2D eigenvalue weighted by Gasteiger charge is 2.09. The Balaban J connectivity index is 2.23. The van der Waals surface area contributed by atoms with Gasteiger partial charge in [-0.3, -0.25) is 4.79 Å². The van der Waals surface area contributed by atoms with Crippen molar-refractivity contribution in [3.05, 3.63) is 18.2 Å². The number of nitrogens with one attached hydrogen (secondary N) is 1. The number of aryl methyl sites for hydroxylation is 1. The highest BCUT2D eigenvalue weighted by atomic mass is 16.1. The van der Waals surface area contributed by atoms with Gasteiger partial charge in [-0.05, 0) is 25.3 Å². The van der Waals surface area contributed by atoms with Gasteiger partial charge in [-0.15, -0.1) is 0 Å². The van der Waals surface area contributed by atoms with E-state index in [-0.39, 0.29) is 5.91 Å². The number of aromatic nitrogens is 2. The second-order valence-electron chi connectivity index (χ2n) is 4.62. The van der Waals surface area contributed by atoms with E-state index in [1.54, 1.807) is 6.20 Å². The second-order valence-corrected chi connectivity index (χ2v) is 4.62. The molecule has 5 heteroatoms. The van der Waals surface area contributed by atoms with Gasteiger partial charge in [0.25, 0.3) is 0 Å². The number of carbonyl (C=O) groups is 1. The lowest BCUT2D eigenvalue weighted by Gasteiger charge is -2.13. The first kappa shape index (κ1) is 14.7. The van der Waals surface area contributed by atoms with Gasteiger partial charge in [0.15, 0.2) is 0 Å². The van der Waals surface area contributed by atoms with Crippen LogP contribution in [0.25, 0.3) is 0 Å². The van der Waals surface area contributed by atoms with Crippen LogP contribution in [0.2, 0.25) is 0 Å². The van der Waals surface area contributed by atoms with E-state index in [4.69, 9.17) is 5.73 Å². The van der Waals surface area contributed by atoms with Crippen LogP contribution in [0.5, 0.6) is 0 Å². The molecular formula is C13H24N4O. The van der Waals surface area contributed by atoms with Gasteiger partial charge in [0, 0.05) is 25.9 Å². The molecule has 0 bridgehead atoms. The summed E-state index contributed by atoms with van der Waals surface area (Å²) in [6.45, 7) is 3.34. The van der Waals surface area contributed by atoms with E-state index in [0.717, 1.165) is 25.1 Å². The van der Waals surface area contributed by atoms with E-state index < -0.39 is 0 Å². The first-order chi connectivity index (χ1) is 8.67. The van der Waals surface area contributed by atoms with Gasteiger partial charge in [0.1, 0.15) is 5.82 Å². The number of carbonyl (C=O) groups excluding carboxylic acids is 1. The zero-order valence-electron chi connectivity index (χ0n) is 11.4. The Labute approximate surface area is 109 Å². The summed E-state index contributed by atoms with van der Waals surface area (Å²) >= 11 is 0. The minimum Gasteiger partial charge on any atom is -0.349 e. The molecular weight excluding hydrogens is 228 g/mol. The molecule has 18 heavy (non-hydrogen) atoms. The van der Waals surface area contributed by atoms with Crippen LogP contribution in [-0.2, 0) is 18.4 Å². The van der Waals surface area contributed by atoms with Crippen LogP contribution in [0.1, 0.15) is 38.4 Å². The van der Waals surface area contributed by atoms with Crippen LogP contribution in [0.4, 0.5) is 0 Å². The molecule has 5 nitrogen and oxygen atoms in total. The molecule has 0 aromatic carbocycles. The molecule has 0 saturated carbocycles. The Hall–Kier alpha value is -1.36. The molecule has 1 amide bonds. The molecule has 0 aliphatic carbocycles. The number of amides is 1. The fourth-order valence-corrected chi connectivity index (χ4v) is 1.96. The fraction of sp³-hybridized carbons (Fsp3) is 0.692. The second kappa shape index (κ2) is 7.87. The molecule has 0 saturated heterocycles. The molecule has 0 fully saturated rings. The van der Waals surface area contributed by atoms with E-state index >= 15 is 0 Å².